The van der Waals surface area contributed by atoms with E-state index in [4.69, 9.17) is 0 Å². The lowest BCUT2D eigenvalue weighted by atomic mass is 9.95. The number of nitrogens with zero attached hydrogens (tertiary/aromatic N) is 2. The molecule has 1 saturated carbocycles. The van der Waals surface area contributed by atoms with Gasteiger partial charge in [0.15, 0.2) is 0 Å². The van der Waals surface area contributed by atoms with Crippen molar-refractivity contribution in [3.63, 3.8) is 0 Å². The first kappa shape index (κ1) is 14.3. The average Bonchev–Trinajstić information content (AvgIpc) is 2.89. The molecule has 0 spiro atoms. The molecular weight excluding hydrogens is 272 g/mol. The fourth-order valence-corrected chi connectivity index (χ4v) is 4.68. The van der Waals surface area contributed by atoms with Gasteiger partial charge in [0.05, 0.1) is 0 Å². The number of rotatable bonds is 4. The number of hydrogen-bond donors (Lipinski definition) is 0. The first-order chi connectivity index (χ1) is 10.7. The molecule has 1 aromatic rings. The van der Waals surface area contributed by atoms with E-state index in [2.05, 4.69) is 47.1 Å². The fraction of sp³-hybridized carbons (Fsp3) is 0.632. The lowest BCUT2D eigenvalue weighted by molar-refractivity contribution is -0.132. The Hall–Kier alpha value is -1.35. The molecule has 3 atom stereocenters. The Labute approximate surface area is 133 Å². The van der Waals surface area contributed by atoms with Crippen LogP contribution in [0.4, 0.5) is 0 Å². The Kier molecular flexibility index (Phi) is 3.48. The minimum Gasteiger partial charge on any atom is -0.340 e. The van der Waals surface area contributed by atoms with Gasteiger partial charge in [-0.15, -0.1) is 0 Å². The molecule has 1 aromatic carbocycles. The molecular formula is C19H26N2O. The van der Waals surface area contributed by atoms with E-state index in [9.17, 15) is 4.79 Å². The van der Waals surface area contributed by atoms with Gasteiger partial charge in [-0.3, -0.25) is 4.79 Å². The van der Waals surface area contributed by atoms with Crippen molar-refractivity contribution < 1.29 is 4.79 Å². The van der Waals surface area contributed by atoms with Gasteiger partial charge in [0, 0.05) is 44.1 Å². The first-order valence-corrected chi connectivity index (χ1v) is 8.76. The van der Waals surface area contributed by atoms with Crippen LogP contribution < -0.4 is 0 Å². The van der Waals surface area contributed by atoms with Gasteiger partial charge < -0.3 is 9.80 Å². The lowest BCUT2D eigenvalue weighted by Crippen LogP contribution is -2.37. The van der Waals surface area contributed by atoms with Gasteiger partial charge in [0.1, 0.15) is 0 Å². The molecule has 22 heavy (non-hydrogen) atoms. The van der Waals surface area contributed by atoms with Crippen LogP contribution in [0.5, 0.6) is 0 Å². The number of benzene rings is 1. The van der Waals surface area contributed by atoms with Crippen LogP contribution >= 0.6 is 0 Å². The Morgan fingerprint density at radius 2 is 2.14 bits per heavy atom. The minimum absolute atomic E-state index is 0.360. The highest BCUT2D eigenvalue weighted by Gasteiger charge is 2.60. The fourth-order valence-electron chi connectivity index (χ4n) is 4.68. The molecule has 3 nitrogen and oxygen atoms in total. The molecule has 0 radical (unpaired) electrons. The number of amides is 1. The van der Waals surface area contributed by atoms with Crippen molar-refractivity contribution in [3.05, 3.63) is 35.9 Å². The van der Waals surface area contributed by atoms with Crippen LogP contribution in [0.15, 0.2) is 30.3 Å². The second-order valence-corrected chi connectivity index (χ2v) is 7.49. The van der Waals surface area contributed by atoms with Crippen LogP contribution in [0.1, 0.15) is 38.2 Å². The van der Waals surface area contributed by atoms with Gasteiger partial charge in [-0.2, -0.15) is 0 Å². The molecule has 0 bridgehead atoms. The van der Waals surface area contributed by atoms with Crippen LogP contribution in [0.2, 0.25) is 0 Å². The van der Waals surface area contributed by atoms with E-state index in [1.807, 2.05) is 0 Å². The minimum atomic E-state index is 0.360. The van der Waals surface area contributed by atoms with Crippen molar-refractivity contribution in [2.75, 3.05) is 26.2 Å². The van der Waals surface area contributed by atoms with Crippen molar-refractivity contribution in [1.29, 1.82) is 0 Å². The van der Waals surface area contributed by atoms with Gasteiger partial charge in [-0.05, 0) is 37.7 Å². The third-order valence-corrected chi connectivity index (χ3v) is 6.08. The summed E-state index contributed by atoms with van der Waals surface area (Å²) >= 11 is 0. The molecule has 3 fully saturated rings. The summed E-state index contributed by atoms with van der Waals surface area (Å²) in [5, 5.41) is 0. The summed E-state index contributed by atoms with van der Waals surface area (Å²) in [6.07, 6.45) is 4.39. The molecule has 3 heteroatoms. The molecule has 2 saturated heterocycles. The first-order valence-electron chi connectivity index (χ1n) is 8.76. The molecule has 4 rings (SSSR count). The van der Waals surface area contributed by atoms with Crippen LogP contribution in [0.25, 0.3) is 0 Å². The van der Waals surface area contributed by atoms with Crippen molar-refractivity contribution in [2.24, 2.45) is 5.92 Å². The highest BCUT2D eigenvalue weighted by molar-refractivity contribution is 5.77. The number of fused-ring (bicyclic) bond motifs is 1. The van der Waals surface area contributed by atoms with E-state index in [0.717, 1.165) is 25.6 Å². The van der Waals surface area contributed by atoms with E-state index >= 15 is 0 Å². The van der Waals surface area contributed by atoms with Crippen LogP contribution in [-0.2, 0) is 10.2 Å². The van der Waals surface area contributed by atoms with Crippen LogP contribution in [0, 0.1) is 5.92 Å². The Morgan fingerprint density at radius 3 is 2.86 bits per heavy atom. The van der Waals surface area contributed by atoms with Crippen molar-refractivity contribution in [2.45, 2.75) is 44.1 Å². The SMILES string of the molecule is CC1CCCN1C(=O)CCN1CC2CC2(c2ccccc2)C1. The number of carbonyl (C=O) groups excluding carboxylic acids is 1. The van der Waals surface area contributed by atoms with E-state index in [0.29, 0.717) is 23.8 Å². The molecule has 1 amide bonds. The largest absolute Gasteiger partial charge is 0.340 e. The summed E-state index contributed by atoms with van der Waals surface area (Å²) in [5.74, 6) is 1.18. The summed E-state index contributed by atoms with van der Waals surface area (Å²) in [5.41, 5.74) is 1.91. The van der Waals surface area contributed by atoms with Crippen LogP contribution in [0.3, 0.4) is 0 Å². The summed E-state index contributed by atoms with van der Waals surface area (Å²) in [4.78, 5) is 17.0. The average molecular weight is 298 g/mol. The Morgan fingerprint density at radius 1 is 1.32 bits per heavy atom. The van der Waals surface area contributed by atoms with Gasteiger partial charge in [0.2, 0.25) is 5.91 Å². The predicted octanol–water partition coefficient (Wildman–Crippen LogP) is 2.66. The topological polar surface area (TPSA) is 23.6 Å². The smallest absolute Gasteiger partial charge is 0.224 e. The quantitative estimate of drug-likeness (QED) is 0.853. The summed E-state index contributed by atoms with van der Waals surface area (Å²) in [6, 6.07) is 11.4. The Bertz CT molecular complexity index is 558. The van der Waals surface area contributed by atoms with E-state index in [-0.39, 0.29) is 0 Å². The second kappa shape index (κ2) is 5.38. The zero-order valence-electron chi connectivity index (χ0n) is 13.5. The van der Waals surface area contributed by atoms with Gasteiger partial charge in [-0.1, -0.05) is 30.3 Å². The zero-order chi connectivity index (χ0) is 15.2. The van der Waals surface area contributed by atoms with Gasteiger partial charge >= 0.3 is 0 Å². The normalized spacial score (nSPS) is 34.0. The maximum absolute atomic E-state index is 12.4. The molecule has 118 valence electrons. The zero-order valence-corrected chi connectivity index (χ0v) is 13.5. The maximum atomic E-state index is 12.4. The molecule has 0 aromatic heterocycles. The van der Waals surface area contributed by atoms with Gasteiger partial charge in [-0.25, -0.2) is 0 Å². The molecule has 2 heterocycles. The predicted molar refractivity (Wildman–Crippen MR) is 87.7 cm³/mol. The molecule has 0 N–H and O–H groups in total. The second-order valence-electron chi connectivity index (χ2n) is 7.49. The summed E-state index contributed by atoms with van der Waals surface area (Å²) < 4.78 is 0. The Balaban J connectivity index is 1.32. The van der Waals surface area contributed by atoms with Crippen molar-refractivity contribution in [1.82, 2.24) is 9.80 Å². The molecule has 1 aliphatic carbocycles. The van der Waals surface area contributed by atoms with Crippen molar-refractivity contribution >= 4 is 5.91 Å². The maximum Gasteiger partial charge on any atom is 0.224 e. The summed E-state index contributed by atoms with van der Waals surface area (Å²) in [7, 11) is 0. The molecule has 2 aliphatic heterocycles. The third-order valence-electron chi connectivity index (χ3n) is 6.08. The van der Waals surface area contributed by atoms with E-state index in [1.54, 1.807) is 0 Å². The summed E-state index contributed by atoms with van der Waals surface area (Å²) in [6.45, 7) is 6.41. The third kappa shape index (κ3) is 2.36. The van der Waals surface area contributed by atoms with E-state index in [1.165, 1.54) is 31.4 Å². The standard InChI is InChI=1S/C19H26N2O/c1-15-6-5-10-21(15)18(22)9-11-20-13-17-12-19(17,14-20)16-7-3-2-4-8-16/h2-4,7-8,15,17H,5-6,9-14H2,1H3. The van der Waals surface area contributed by atoms with Crippen LogP contribution in [-0.4, -0.2) is 47.9 Å². The number of likely N-dealkylation sites (tertiary alicyclic amines) is 2. The highest BCUT2D eigenvalue weighted by Crippen LogP contribution is 2.58. The van der Waals surface area contributed by atoms with Gasteiger partial charge in [0.25, 0.3) is 0 Å². The number of piperidine rings is 1. The van der Waals surface area contributed by atoms with Crippen molar-refractivity contribution in [3.8, 4) is 0 Å². The lowest BCUT2D eigenvalue weighted by Gasteiger charge is -2.24. The highest BCUT2D eigenvalue weighted by atomic mass is 16.2. The number of hydrogen-bond acceptors (Lipinski definition) is 2. The molecule has 3 aliphatic rings. The van der Waals surface area contributed by atoms with E-state index < -0.39 is 0 Å². The monoisotopic (exact) mass is 298 g/mol. The number of carbonyl (C=O) groups is 1. The molecule has 3 unspecified atom stereocenters.